The average molecular weight is 526 g/mol. The van der Waals surface area contributed by atoms with Gasteiger partial charge in [0.2, 0.25) is 5.90 Å². The standard InChI is InChI=1S/C23H15IN2O5/c24-18-8-6-17(7-9-18)22-25-21(23(27)31-22)13-15-4-10-20(11-5-15)30-14-16-2-1-3-19(12-16)26(28)29/h1-13H,14H2/b21-13-. The van der Waals surface area contributed by atoms with Crippen molar-refractivity contribution in [2.75, 3.05) is 0 Å². The number of nitro groups is 1. The van der Waals surface area contributed by atoms with Crippen molar-refractivity contribution in [3.05, 3.63) is 109 Å². The lowest BCUT2D eigenvalue weighted by Gasteiger charge is -2.06. The first-order valence-corrected chi connectivity index (χ1v) is 10.3. The first-order chi connectivity index (χ1) is 15.0. The smallest absolute Gasteiger partial charge is 0.363 e. The molecule has 0 spiro atoms. The van der Waals surface area contributed by atoms with Crippen molar-refractivity contribution >= 4 is 46.2 Å². The molecule has 1 aliphatic rings. The minimum Gasteiger partial charge on any atom is -0.489 e. The second-order valence-corrected chi connectivity index (χ2v) is 7.87. The van der Waals surface area contributed by atoms with Crippen LogP contribution in [-0.4, -0.2) is 16.8 Å². The lowest BCUT2D eigenvalue weighted by atomic mass is 10.2. The van der Waals surface area contributed by atoms with Gasteiger partial charge in [-0.05, 0) is 76.2 Å². The molecule has 7 nitrogen and oxygen atoms in total. The maximum Gasteiger partial charge on any atom is 0.363 e. The fourth-order valence-electron chi connectivity index (χ4n) is 2.87. The van der Waals surface area contributed by atoms with E-state index in [2.05, 4.69) is 27.6 Å². The lowest BCUT2D eigenvalue weighted by Crippen LogP contribution is -2.05. The third-order valence-electron chi connectivity index (χ3n) is 4.42. The molecule has 31 heavy (non-hydrogen) atoms. The van der Waals surface area contributed by atoms with E-state index in [0.717, 1.165) is 14.7 Å². The van der Waals surface area contributed by atoms with E-state index in [1.165, 1.54) is 12.1 Å². The highest BCUT2D eigenvalue weighted by Crippen LogP contribution is 2.22. The molecule has 1 aliphatic heterocycles. The molecule has 0 aromatic heterocycles. The van der Waals surface area contributed by atoms with Gasteiger partial charge in [-0.1, -0.05) is 24.3 Å². The van der Waals surface area contributed by atoms with Crippen molar-refractivity contribution in [2.24, 2.45) is 4.99 Å². The molecular formula is C23H15IN2O5. The van der Waals surface area contributed by atoms with Crippen LogP contribution >= 0.6 is 22.6 Å². The molecule has 0 amide bonds. The molecule has 0 bridgehead atoms. The van der Waals surface area contributed by atoms with Gasteiger partial charge in [-0.3, -0.25) is 10.1 Å². The third-order valence-corrected chi connectivity index (χ3v) is 5.14. The summed E-state index contributed by atoms with van der Waals surface area (Å²) in [7, 11) is 0. The number of carbonyl (C=O) groups is 1. The number of halogens is 1. The molecule has 3 aromatic carbocycles. The van der Waals surface area contributed by atoms with Crippen molar-refractivity contribution in [2.45, 2.75) is 6.61 Å². The van der Waals surface area contributed by atoms with Crippen molar-refractivity contribution in [3.63, 3.8) is 0 Å². The zero-order chi connectivity index (χ0) is 21.8. The fourth-order valence-corrected chi connectivity index (χ4v) is 3.23. The van der Waals surface area contributed by atoms with Crippen LogP contribution in [0.1, 0.15) is 16.7 Å². The first kappa shape index (κ1) is 20.7. The number of hydrogen-bond donors (Lipinski definition) is 0. The Hall–Kier alpha value is -3.53. The van der Waals surface area contributed by atoms with Crippen molar-refractivity contribution in [1.82, 2.24) is 0 Å². The molecular weight excluding hydrogens is 511 g/mol. The van der Waals surface area contributed by atoms with Crippen LogP contribution in [0.15, 0.2) is 83.5 Å². The summed E-state index contributed by atoms with van der Waals surface area (Å²) in [4.78, 5) is 26.9. The van der Waals surface area contributed by atoms with Gasteiger partial charge in [0.15, 0.2) is 5.70 Å². The summed E-state index contributed by atoms with van der Waals surface area (Å²) < 4.78 is 12.1. The number of benzene rings is 3. The van der Waals surface area contributed by atoms with Gasteiger partial charge in [0.05, 0.1) is 4.92 Å². The molecule has 0 N–H and O–H groups in total. The van der Waals surface area contributed by atoms with E-state index in [9.17, 15) is 14.9 Å². The van der Waals surface area contributed by atoms with Gasteiger partial charge in [-0.2, -0.15) is 0 Å². The van der Waals surface area contributed by atoms with Gasteiger partial charge in [0.1, 0.15) is 12.4 Å². The Morgan fingerprint density at radius 1 is 1.06 bits per heavy atom. The van der Waals surface area contributed by atoms with Crippen molar-refractivity contribution in [3.8, 4) is 5.75 Å². The summed E-state index contributed by atoms with van der Waals surface area (Å²) in [6, 6.07) is 20.9. The number of ether oxygens (including phenoxy) is 2. The predicted octanol–water partition coefficient (Wildman–Crippen LogP) is 5.12. The van der Waals surface area contributed by atoms with E-state index in [0.29, 0.717) is 11.3 Å². The Morgan fingerprint density at radius 3 is 2.52 bits per heavy atom. The number of hydrogen-bond acceptors (Lipinski definition) is 6. The van der Waals surface area contributed by atoms with Crippen LogP contribution in [0.25, 0.3) is 6.08 Å². The molecule has 0 aliphatic carbocycles. The Balaban J connectivity index is 1.44. The summed E-state index contributed by atoms with van der Waals surface area (Å²) in [5.41, 5.74) is 2.45. The van der Waals surface area contributed by atoms with Crippen LogP contribution in [0.5, 0.6) is 5.75 Å². The molecule has 8 heteroatoms. The highest BCUT2D eigenvalue weighted by molar-refractivity contribution is 14.1. The molecule has 1 heterocycles. The summed E-state index contributed by atoms with van der Waals surface area (Å²) >= 11 is 2.20. The molecule has 0 fully saturated rings. The maximum atomic E-state index is 12.2. The second kappa shape index (κ2) is 9.09. The van der Waals surface area contributed by atoms with E-state index >= 15 is 0 Å². The van der Waals surface area contributed by atoms with E-state index in [-0.39, 0.29) is 23.9 Å². The van der Waals surface area contributed by atoms with Crippen LogP contribution in [0.4, 0.5) is 5.69 Å². The number of non-ortho nitro benzene ring substituents is 1. The molecule has 3 aromatic rings. The summed E-state index contributed by atoms with van der Waals surface area (Å²) in [5.74, 6) is 0.384. The number of aliphatic imine (C=N–C) groups is 1. The van der Waals surface area contributed by atoms with Gasteiger partial charge in [0.25, 0.3) is 5.69 Å². The van der Waals surface area contributed by atoms with Crippen LogP contribution in [0, 0.1) is 13.7 Å². The van der Waals surface area contributed by atoms with Gasteiger partial charge < -0.3 is 9.47 Å². The van der Waals surface area contributed by atoms with Crippen molar-refractivity contribution in [1.29, 1.82) is 0 Å². The Labute approximate surface area is 191 Å². The molecule has 0 atom stereocenters. The largest absolute Gasteiger partial charge is 0.489 e. The van der Waals surface area contributed by atoms with E-state index in [1.807, 2.05) is 24.3 Å². The predicted molar refractivity (Wildman–Crippen MR) is 124 cm³/mol. The van der Waals surface area contributed by atoms with E-state index in [4.69, 9.17) is 9.47 Å². The first-order valence-electron chi connectivity index (χ1n) is 9.23. The number of esters is 1. The topological polar surface area (TPSA) is 91.0 Å². The van der Waals surface area contributed by atoms with Gasteiger partial charge >= 0.3 is 5.97 Å². The molecule has 0 saturated carbocycles. The van der Waals surface area contributed by atoms with Crippen LogP contribution in [-0.2, 0) is 16.1 Å². The molecule has 0 saturated heterocycles. The minimum absolute atomic E-state index is 0.0247. The fraction of sp³-hybridized carbons (Fsp3) is 0.0435. The SMILES string of the molecule is O=C1OC(c2ccc(I)cc2)=N/C1=C\c1ccc(OCc2cccc([N+](=O)[O-])c2)cc1. The lowest BCUT2D eigenvalue weighted by molar-refractivity contribution is -0.384. The highest BCUT2D eigenvalue weighted by atomic mass is 127. The molecule has 4 rings (SSSR count). The van der Waals surface area contributed by atoms with Crippen molar-refractivity contribution < 1.29 is 19.2 Å². The molecule has 154 valence electrons. The highest BCUT2D eigenvalue weighted by Gasteiger charge is 2.24. The number of nitro benzene ring substituents is 1. The van der Waals surface area contributed by atoms with E-state index < -0.39 is 10.9 Å². The van der Waals surface area contributed by atoms with Crippen LogP contribution in [0.2, 0.25) is 0 Å². The minimum atomic E-state index is -0.500. The summed E-state index contributed by atoms with van der Waals surface area (Å²) in [6.07, 6.45) is 1.65. The average Bonchev–Trinajstić information content (AvgIpc) is 3.14. The van der Waals surface area contributed by atoms with Crippen LogP contribution in [0.3, 0.4) is 0 Å². The Morgan fingerprint density at radius 2 is 1.81 bits per heavy atom. The number of nitrogens with zero attached hydrogens (tertiary/aromatic N) is 2. The maximum absolute atomic E-state index is 12.2. The zero-order valence-electron chi connectivity index (χ0n) is 16.0. The third kappa shape index (κ3) is 5.15. The van der Waals surface area contributed by atoms with Gasteiger partial charge in [-0.15, -0.1) is 0 Å². The van der Waals surface area contributed by atoms with Gasteiger partial charge in [0, 0.05) is 21.3 Å². The van der Waals surface area contributed by atoms with Crippen LogP contribution < -0.4 is 4.74 Å². The Kier molecular flexibility index (Phi) is 6.08. The summed E-state index contributed by atoms with van der Waals surface area (Å²) in [5, 5.41) is 10.9. The monoisotopic (exact) mass is 526 g/mol. The quantitative estimate of drug-likeness (QED) is 0.146. The van der Waals surface area contributed by atoms with E-state index in [1.54, 1.807) is 42.5 Å². The molecule has 0 unspecified atom stereocenters. The second-order valence-electron chi connectivity index (χ2n) is 6.63. The normalized spacial score (nSPS) is 14.3. The number of carbonyl (C=O) groups excluding carboxylic acids is 1. The molecule has 0 radical (unpaired) electrons. The number of rotatable bonds is 6. The Bertz CT molecular complexity index is 1200. The zero-order valence-corrected chi connectivity index (χ0v) is 18.2. The number of cyclic esters (lactones) is 1. The summed E-state index contributed by atoms with van der Waals surface area (Å²) in [6.45, 7) is 0.206. The van der Waals surface area contributed by atoms with Gasteiger partial charge in [-0.25, -0.2) is 9.79 Å².